The van der Waals surface area contributed by atoms with Crippen LogP contribution in [-0.2, 0) is 22.4 Å². The van der Waals surface area contributed by atoms with E-state index in [0.29, 0.717) is 12.4 Å². The number of pyridine rings is 1. The Hall–Kier alpha value is -2.80. The summed E-state index contributed by atoms with van der Waals surface area (Å²) in [4.78, 5) is 35.5. The first-order valence-corrected chi connectivity index (χ1v) is 11.3. The molecule has 0 atom stereocenters. The van der Waals surface area contributed by atoms with E-state index in [0.717, 1.165) is 61.2 Å². The van der Waals surface area contributed by atoms with E-state index >= 15 is 0 Å². The van der Waals surface area contributed by atoms with Gasteiger partial charge in [-0.3, -0.25) is 9.59 Å². The van der Waals surface area contributed by atoms with Gasteiger partial charge in [-0.05, 0) is 49.0 Å². The molecule has 4 heterocycles. The van der Waals surface area contributed by atoms with Gasteiger partial charge in [0.1, 0.15) is 5.82 Å². The van der Waals surface area contributed by atoms with Crippen LogP contribution >= 0.6 is 11.3 Å². The van der Waals surface area contributed by atoms with Crippen LogP contribution in [0.2, 0.25) is 0 Å². The maximum absolute atomic E-state index is 12.6. The minimum Gasteiger partial charge on any atom is -0.335 e. The van der Waals surface area contributed by atoms with Gasteiger partial charge in [-0.25, -0.2) is 9.97 Å². The second-order valence-corrected chi connectivity index (χ2v) is 9.35. The normalized spacial score (nSPS) is 19.9. The van der Waals surface area contributed by atoms with E-state index in [1.54, 1.807) is 23.6 Å². The molecule has 5 rings (SSSR count). The Morgan fingerprint density at radius 3 is 2.93 bits per heavy atom. The Morgan fingerprint density at radius 1 is 1.33 bits per heavy atom. The molecule has 7 heteroatoms. The highest BCUT2D eigenvalue weighted by atomic mass is 32.1. The molecule has 0 bridgehead atoms. The lowest BCUT2D eigenvalue weighted by atomic mass is 9.63. The minimum absolute atomic E-state index is 0.0148. The van der Waals surface area contributed by atoms with Crippen LogP contribution in [0.1, 0.15) is 41.8 Å². The Balaban J connectivity index is 1.22. The van der Waals surface area contributed by atoms with Gasteiger partial charge >= 0.3 is 0 Å². The van der Waals surface area contributed by atoms with Crippen LogP contribution in [-0.4, -0.2) is 39.8 Å². The fraction of sp³-hybridized carbons (Fsp3) is 0.391. The number of carbonyl (C=O) groups is 2. The zero-order valence-electron chi connectivity index (χ0n) is 16.8. The zero-order valence-corrected chi connectivity index (χ0v) is 17.6. The molecule has 2 aromatic heterocycles. The van der Waals surface area contributed by atoms with E-state index < -0.39 is 0 Å². The van der Waals surface area contributed by atoms with E-state index in [2.05, 4.69) is 21.4 Å². The molecule has 0 unspecified atom stereocenters. The first kappa shape index (κ1) is 19.2. The number of anilines is 1. The summed E-state index contributed by atoms with van der Waals surface area (Å²) in [5.41, 5.74) is 3.08. The van der Waals surface area contributed by atoms with Crippen LogP contribution in [0.15, 0.2) is 41.6 Å². The molecule has 1 spiro atoms. The molecule has 0 saturated heterocycles. The van der Waals surface area contributed by atoms with Crippen molar-refractivity contribution in [3.05, 3.63) is 57.7 Å². The van der Waals surface area contributed by atoms with Gasteiger partial charge in [-0.2, -0.15) is 0 Å². The number of hydrogen-bond acceptors (Lipinski definition) is 5. The number of nitrogens with zero attached hydrogens (tertiary/aromatic N) is 3. The lowest BCUT2D eigenvalue weighted by Crippen LogP contribution is -2.46. The second kappa shape index (κ2) is 7.80. The highest BCUT2D eigenvalue weighted by Crippen LogP contribution is 2.47. The van der Waals surface area contributed by atoms with E-state index in [-0.39, 0.29) is 17.2 Å². The van der Waals surface area contributed by atoms with Crippen LogP contribution < -0.4 is 5.32 Å². The lowest BCUT2D eigenvalue weighted by molar-refractivity contribution is -0.130. The van der Waals surface area contributed by atoms with Crippen molar-refractivity contribution in [1.29, 1.82) is 0 Å². The first-order chi connectivity index (χ1) is 14.6. The molecule has 154 valence electrons. The molecule has 0 radical (unpaired) electrons. The van der Waals surface area contributed by atoms with E-state index in [1.165, 1.54) is 5.57 Å². The Labute approximate surface area is 179 Å². The molecular formula is C23H24N4O2S. The Bertz CT molecular complexity index is 1040. The molecule has 3 aliphatic rings. The van der Waals surface area contributed by atoms with Gasteiger partial charge in [0.2, 0.25) is 11.8 Å². The average Bonchev–Trinajstić information content (AvgIpc) is 3.24. The molecule has 1 N–H and O–H groups in total. The summed E-state index contributed by atoms with van der Waals surface area (Å²) in [7, 11) is 0. The van der Waals surface area contributed by atoms with Crippen LogP contribution in [0.3, 0.4) is 0 Å². The van der Waals surface area contributed by atoms with Crippen molar-refractivity contribution in [2.24, 2.45) is 5.41 Å². The maximum atomic E-state index is 12.6. The summed E-state index contributed by atoms with van der Waals surface area (Å²) in [6.07, 6.45) is 14.7. The van der Waals surface area contributed by atoms with E-state index in [4.69, 9.17) is 0 Å². The summed E-state index contributed by atoms with van der Waals surface area (Å²) in [5, 5.41) is 6.08. The summed E-state index contributed by atoms with van der Waals surface area (Å²) < 4.78 is 0. The highest BCUT2D eigenvalue weighted by Gasteiger charge is 2.47. The van der Waals surface area contributed by atoms with Crippen molar-refractivity contribution in [2.75, 3.05) is 18.4 Å². The van der Waals surface area contributed by atoms with Crippen molar-refractivity contribution < 1.29 is 9.59 Å². The number of thiazole rings is 1. The van der Waals surface area contributed by atoms with Gasteiger partial charge in [0.15, 0.2) is 0 Å². The van der Waals surface area contributed by atoms with Gasteiger partial charge in [-0.1, -0.05) is 18.1 Å². The molecule has 1 fully saturated rings. The monoisotopic (exact) mass is 420 g/mol. The van der Waals surface area contributed by atoms with Crippen molar-refractivity contribution in [3.8, 4) is 0 Å². The summed E-state index contributed by atoms with van der Waals surface area (Å²) >= 11 is 1.67. The number of amides is 2. The average molecular weight is 421 g/mol. The molecule has 6 nitrogen and oxygen atoms in total. The molecule has 2 aliphatic heterocycles. The first-order valence-electron chi connectivity index (χ1n) is 10.4. The maximum Gasteiger partial charge on any atom is 0.246 e. The predicted molar refractivity (Wildman–Crippen MR) is 117 cm³/mol. The number of rotatable bonds is 4. The second-order valence-electron chi connectivity index (χ2n) is 8.37. The Kier molecular flexibility index (Phi) is 4.98. The number of fused-ring (bicyclic) bond motifs is 1. The molecule has 0 aromatic carbocycles. The lowest BCUT2D eigenvalue weighted by Gasteiger charge is -2.43. The largest absolute Gasteiger partial charge is 0.335 e. The van der Waals surface area contributed by atoms with Crippen LogP contribution in [0, 0.1) is 5.41 Å². The number of hydrogen-bond donors (Lipinski definition) is 1. The number of nitrogens with one attached hydrogen (secondary N) is 1. The number of aromatic nitrogens is 2. The van der Waals surface area contributed by atoms with Crippen molar-refractivity contribution in [3.63, 3.8) is 0 Å². The minimum atomic E-state index is -0.233. The van der Waals surface area contributed by atoms with Crippen LogP contribution in [0.25, 0.3) is 6.08 Å². The number of carbonyl (C=O) groups excluding carboxylic acids is 2. The third-order valence-electron chi connectivity index (χ3n) is 6.44. The molecule has 1 saturated carbocycles. The van der Waals surface area contributed by atoms with Gasteiger partial charge < -0.3 is 10.2 Å². The van der Waals surface area contributed by atoms with E-state index in [9.17, 15) is 9.59 Å². The summed E-state index contributed by atoms with van der Waals surface area (Å²) in [6, 6.07) is 2.05. The van der Waals surface area contributed by atoms with Gasteiger partial charge in [-0.15, -0.1) is 11.3 Å². The van der Waals surface area contributed by atoms with Gasteiger partial charge in [0.05, 0.1) is 10.4 Å². The third-order valence-corrected chi connectivity index (χ3v) is 7.22. The summed E-state index contributed by atoms with van der Waals surface area (Å²) in [6.45, 7) is 1.37. The van der Waals surface area contributed by atoms with Crippen LogP contribution in [0.5, 0.6) is 0 Å². The van der Waals surface area contributed by atoms with Crippen LogP contribution in [0.4, 0.5) is 5.82 Å². The van der Waals surface area contributed by atoms with Gasteiger partial charge in [0.25, 0.3) is 0 Å². The topological polar surface area (TPSA) is 75.2 Å². The standard InChI is InChI=1S/C23H24N4O2S/c28-20(27-9-4-16(5-10-27)13-19-24-8-11-30-19)3-2-17-12-18-14-23(6-1-7-23)22(29)26-21(18)25-15-17/h2-4,8,11-12,15H,1,5-7,9-10,13-14H2,(H,25,26,29)/b3-2+. The summed E-state index contributed by atoms with van der Waals surface area (Å²) in [5.74, 6) is 0.788. The van der Waals surface area contributed by atoms with E-state index in [1.807, 2.05) is 28.6 Å². The van der Waals surface area contributed by atoms with Gasteiger partial charge in [0, 0.05) is 43.4 Å². The Morgan fingerprint density at radius 2 is 2.23 bits per heavy atom. The third kappa shape index (κ3) is 3.69. The SMILES string of the molecule is O=C(/C=C/c1cnc2c(c1)CC1(CCC1)C(=O)N2)N1CC=C(Cc2nccs2)CC1. The molecule has 30 heavy (non-hydrogen) atoms. The van der Waals surface area contributed by atoms with Crippen molar-refractivity contribution >= 4 is 35.0 Å². The smallest absolute Gasteiger partial charge is 0.246 e. The fourth-order valence-electron chi connectivity index (χ4n) is 4.44. The molecule has 1 aliphatic carbocycles. The van der Waals surface area contributed by atoms with Crippen molar-refractivity contribution in [1.82, 2.24) is 14.9 Å². The molecule has 2 amide bonds. The molecular weight excluding hydrogens is 396 g/mol. The highest BCUT2D eigenvalue weighted by molar-refractivity contribution is 7.09. The fourth-order valence-corrected chi connectivity index (χ4v) is 5.11. The molecule has 2 aromatic rings. The quantitative estimate of drug-likeness (QED) is 0.606. The predicted octanol–water partition coefficient (Wildman–Crippen LogP) is 3.62. The zero-order chi connectivity index (χ0) is 20.6. The van der Waals surface area contributed by atoms with Crippen molar-refractivity contribution in [2.45, 2.75) is 38.5 Å².